The second-order valence-electron chi connectivity index (χ2n) is 5.51. The maximum absolute atomic E-state index is 4.27. The molecule has 1 aliphatic carbocycles. The van der Waals surface area contributed by atoms with Crippen LogP contribution >= 0.6 is 24.0 Å². The summed E-state index contributed by atoms with van der Waals surface area (Å²) in [4.78, 5) is 4.27. The van der Waals surface area contributed by atoms with Crippen molar-refractivity contribution in [3.05, 3.63) is 53.9 Å². The molecule has 3 N–H and O–H groups in total. The first-order chi connectivity index (χ1) is 10.3. The molecule has 0 amide bonds. The maximum Gasteiger partial charge on any atom is 0.191 e. The number of aromatic nitrogens is 2. The fourth-order valence-electron chi connectivity index (χ4n) is 2.55. The standard InChI is InChI=1S/C16H21N5.HI/c1-17-15(18-11-14-7-10-20-21-14)19-12-16(8-9-16)13-5-3-2-4-6-13;/h2-7,10H,8-9,11-12H2,1H3,(H,20,21)(H2,17,18,19);1H. The highest BCUT2D eigenvalue weighted by Gasteiger charge is 2.43. The lowest BCUT2D eigenvalue weighted by molar-refractivity contribution is 0.644. The highest BCUT2D eigenvalue weighted by atomic mass is 127. The molecular weight excluding hydrogens is 389 g/mol. The Hall–Kier alpha value is -1.57. The summed E-state index contributed by atoms with van der Waals surface area (Å²) in [5, 5.41) is 13.6. The van der Waals surface area contributed by atoms with Crippen molar-refractivity contribution in [2.75, 3.05) is 13.6 Å². The number of benzene rings is 1. The van der Waals surface area contributed by atoms with Gasteiger partial charge in [0.2, 0.25) is 0 Å². The van der Waals surface area contributed by atoms with Crippen molar-refractivity contribution in [2.24, 2.45) is 4.99 Å². The number of nitrogens with one attached hydrogen (secondary N) is 3. The fourth-order valence-corrected chi connectivity index (χ4v) is 2.55. The van der Waals surface area contributed by atoms with Crippen LogP contribution in [0.15, 0.2) is 47.6 Å². The van der Waals surface area contributed by atoms with Gasteiger partial charge in [-0.05, 0) is 24.5 Å². The molecule has 0 bridgehead atoms. The normalized spacial score (nSPS) is 15.8. The average Bonchev–Trinajstić information content (AvgIpc) is 3.15. The lowest BCUT2D eigenvalue weighted by Crippen LogP contribution is -2.40. The first-order valence-electron chi connectivity index (χ1n) is 7.31. The minimum absolute atomic E-state index is 0. The molecule has 0 aliphatic heterocycles. The average molecular weight is 411 g/mol. The van der Waals surface area contributed by atoms with Gasteiger partial charge in [0.15, 0.2) is 5.96 Å². The summed E-state index contributed by atoms with van der Waals surface area (Å²) in [6, 6.07) is 12.7. The fraction of sp³-hybridized carbons (Fsp3) is 0.375. The third-order valence-electron chi connectivity index (χ3n) is 4.06. The Kier molecular flexibility index (Phi) is 5.82. The van der Waals surface area contributed by atoms with E-state index in [1.54, 1.807) is 13.2 Å². The molecule has 5 nitrogen and oxygen atoms in total. The zero-order valence-electron chi connectivity index (χ0n) is 12.7. The van der Waals surface area contributed by atoms with Crippen LogP contribution in [0.1, 0.15) is 24.1 Å². The van der Waals surface area contributed by atoms with E-state index >= 15 is 0 Å². The monoisotopic (exact) mass is 411 g/mol. The number of halogens is 1. The first kappa shape index (κ1) is 16.8. The van der Waals surface area contributed by atoms with E-state index in [-0.39, 0.29) is 29.4 Å². The van der Waals surface area contributed by atoms with Gasteiger partial charge in [-0.2, -0.15) is 5.10 Å². The van der Waals surface area contributed by atoms with Gasteiger partial charge in [0.25, 0.3) is 0 Å². The predicted molar refractivity (Wildman–Crippen MR) is 99.6 cm³/mol. The van der Waals surface area contributed by atoms with E-state index in [1.165, 1.54) is 18.4 Å². The Balaban J connectivity index is 0.00000176. The second-order valence-corrected chi connectivity index (χ2v) is 5.51. The van der Waals surface area contributed by atoms with Crippen molar-refractivity contribution in [3.63, 3.8) is 0 Å². The molecule has 1 saturated carbocycles. The molecule has 6 heteroatoms. The first-order valence-corrected chi connectivity index (χ1v) is 7.31. The lowest BCUT2D eigenvalue weighted by Gasteiger charge is -2.18. The zero-order valence-corrected chi connectivity index (χ0v) is 15.0. The smallest absolute Gasteiger partial charge is 0.191 e. The molecule has 118 valence electrons. The number of rotatable bonds is 5. The van der Waals surface area contributed by atoms with E-state index < -0.39 is 0 Å². The Morgan fingerprint density at radius 3 is 2.59 bits per heavy atom. The van der Waals surface area contributed by atoms with Crippen molar-refractivity contribution >= 4 is 29.9 Å². The van der Waals surface area contributed by atoms with Gasteiger partial charge in [-0.25, -0.2) is 0 Å². The summed E-state index contributed by atoms with van der Waals surface area (Å²) < 4.78 is 0. The number of guanidine groups is 1. The van der Waals surface area contributed by atoms with Gasteiger partial charge in [-0.3, -0.25) is 10.1 Å². The molecule has 2 aromatic rings. The zero-order chi connectivity index (χ0) is 14.5. The number of hydrogen-bond acceptors (Lipinski definition) is 2. The van der Waals surface area contributed by atoms with Gasteiger partial charge in [0, 0.05) is 25.2 Å². The van der Waals surface area contributed by atoms with E-state index in [0.29, 0.717) is 6.54 Å². The predicted octanol–water partition coefficient (Wildman–Crippen LogP) is 2.42. The molecule has 22 heavy (non-hydrogen) atoms. The van der Waals surface area contributed by atoms with Crippen LogP contribution in [0.4, 0.5) is 0 Å². The largest absolute Gasteiger partial charge is 0.356 e. The Labute approximate surface area is 148 Å². The number of aliphatic imine (C=N–C) groups is 1. The molecule has 1 aromatic carbocycles. The van der Waals surface area contributed by atoms with Gasteiger partial charge in [0.1, 0.15) is 0 Å². The van der Waals surface area contributed by atoms with Gasteiger partial charge in [-0.1, -0.05) is 30.3 Å². The highest BCUT2D eigenvalue weighted by Crippen LogP contribution is 2.47. The van der Waals surface area contributed by atoms with Crippen molar-refractivity contribution in [2.45, 2.75) is 24.8 Å². The molecule has 1 fully saturated rings. The Bertz CT molecular complexity index is 590. The van der Waals surface area contributed by atoms with Gasteiger partial charge in [0.05, 0.1) is 12.2 Å². The maximum atomic E-state index is 4.27. The molecule has 1 aromatic heterocycles. The Morgan fingerprint density at radius 1 is 1.23 bits per heavy atom. The summed E-state index contributed by atoms with van der Waals surface area (Å²) in [6.45, 7) is 1.61. The molecular formula is C16H22IN5. The number of aromatic amines is 1. The van der Waals surface area contributed by atoms with Crippen molar-refractivity contribution in [1.82, 2.24) is 20.8 Å². The van der Waals surface area contributed by atoms with Gasteiger partial charge >= 0.3 is 0 Å². The summed E-state index contributed by atoms with van der Waals surface area (Å²) in [7, 11) is 1.80. The van der Waals surface area contributed by atoms with Crippen LogP contribution in [0.25, 0.3) is 0 Å². The minimum atomic E-state index is 0. The van der Waals surface area contributed by atoms with Crippen molar-refractivity contribution < 1.29 is 0 Å². The van der Waals surface area contributed by atoms with Crippen LogP contribution in [0, 0.1) is 0 Å². The topological polar surface area (TPSA) is 65.1 Å². The van der Waals surface area contributed by atoms with E-state index in [4.69, 9.17) is 0 Å². The third kappa shape index (κ3) is 4.00. The number of H-pyrrole nitrogens is 1. The van der Waals surface area contributed by atoms with Crippen LogP contribution in [0.2, 0.25) is 0 Å². The lowest BCUT2D eigenvalue weighted by atomic mass is 9.96. The molecule has 0 atom stereocenters. The summed E-state index contributed by atoms with van der Waals surface area (Å²) in [5.41, 5.74) is 2.75. The molecule has 1 heterocycles. The summed E-state index contributed by atoms with van der Waals surface area (Å²) in [5.74, 6) is 0.826. The quantitative estimate of drug-likeness (QED) is 0.402. The van der Waals surface area contributed by atoms with E-state index in [9.17, 15) is 0 Å². The van der Waals surface area contributed by atoms with E-state index in [2.05, 4.69) is 56.2 Å². The molecule has 0 radical (unpaired) electrons. The van der Waals surface area contributed by atoms with Crippen LogP contribution < -0.4 is 10.6 Å². The minimum Gasteiger partial charge on any atom is -0.356 e. The van der Waals surface area contributed by atoms with Crippen LogP contribution in [0.5, 0.6) is 0 Å². The Morgan fingerprint density at radius 2 is 2.00 bits per heavy atom. The molecule has 0 unspecified atom stereocenters. The van der Waals surface area contributed by atoms with E-state index in [1.807, 2.05) is 6.07 Å². The molecule has 1 aliphatic rings. The summed E-state index contributed by atoms with van der Waals surface area (Å²) in [6.07, 6.45) is 4.23. The molecule has 3 rings (SSSR count). The van der Waals surface area contributed by atoms with Crippen LogP contribution in [0.3, 0.4) is 0 Å². The highest BCUT2D eigenvalue weighted by molar-refractivity contribution is 14.0. The van der Waals surface area contributed by atoms with Crippen LogP contribution in [-0.2, 0) is 12.0 Å². The number of hydrogen-bond donors (Lipinski definition) is 3. The SMILES string of the molecule is CN=C(NCc1ccn[nH]1)NCC1(c2ccccc2)CC1.I. The van der Waals surface area contributed by atoms with E-state index in [0.717, 1.165) is 18.2 Å². The molecule has 0 saturated heterocycles. The summed E-state index contributed by atoms with van der Waals surface area (Å²) >= 11 is 0. The third-order valence-corrected chi connectivity index (χ3v) is 4.06. The van der Waals surface area contributed by atoms with Gasteiger partial charge < -0.3 is 10.6 Å². The van der Waals surface area contributed by atoms with Crippen LogP contribution in [-0.4, -0.2) is 29.7 Å². The second kappa shape index (κ2) is 7.62. The van der Waals surface area contributed by atoms with Crippen molar-refractivity contribution in [1.29, 1.82) is 0 Å². The number of nitrogens with zero attached hydrogens (tertiary/aromatic N) is 2. The van der Waals surface area contributed by atoms with Crippen molar-refractivity contribution in [3.8, 4) is 0 Å². The van der Waals surface area contributed by atoms with Gasteiger partial charge in [-0.15, -0.1) is 24.0 Å². The molecule has 0 spiro atoms.